The van der Waals surface area contributed by atoms with E-state index in [0.717, 1.165) is 10.2 Å². The largest absolute Gasteiger partial charge is 0.334 e. The molecule has 3 rings (SSSR count). The van der Waals surface area contributed by atoms with Crippen molar-refractivity contribution >= 4 is 45.9 Å². The van der Waals surface area contributed by atoms with Crippen LogP contribution in [0.3, 0.4) is 0 Å². The third kappa shape index (κ3) is 2.92. The summed E-state index contributed by atoms with van der Waals surface area (Å²) in [6.07, 6.45) is 0. The van der Waals surface area contributed by atoms with E-state index in [1.165, 1.54) is 11.8 Å². The van der Waals surface area contributed by atoms with Gasteiger partial charge in [-0.1, -0.05) is 53.2 Å². The lowest BCUT2D eigenvalue weighted by Crippen LogP contribution is -2.29. The molecule has 22 heavy (non-hydrogen) atoms. The molecule has 4 nitrogen and oxygen atoms in total. The molecule has 0 saturated heterocycles. The number of nitrogens with two attached hydrogens (primary N) is 1. The Morgan fingerprint density at radius 3 is 2.73 bits per heavy atom. The van der Waals surface area contributed by atoms with E-state index in [1.54, 1.807) is 18.2 Å². The predicted octanol–water partition coefficient (Wildman–Crippen LogP) is 3.71. The van der Waals surface area contributed by atoms with Crippen LogP contribution < -0.4 is 11.4 Å². The average molecular weight is 352 g/mol. The quantitative estimate of drug-likeness (QED) is 0.443. The second-order valence-corrected chi connectivity index (χ2v) is 6.40. The van der Waals surface area contributed by atoms with Crippen LogP contribution >= 0.6 is 35.0 Å². The molecular weight excluding hydrogens is 341 g/mol. The van der Waals surface area contributed by atoms with Crippen molar-refractivity contribution in [2.45, 2.75) is 10.9 Å². The predicted molar refractivity (Wildman–Crippen MR) is 92.2 cm³/mol. The average Bonchev–Trinajstić information content (AvgIpc) is 2.50. The monoisotopic (exact) mass is 351 g/mol. The Balaban J connectivity index is 1.99. The third-order valence-corrected chi connectivity index (χ3v) is 4.75. The number of aromatic nitrogens is 2. The molecule has 1 heterocycles. The zero-order chi connectivity index (χ0) is 15.7. The van der Waals surface area contributed by atoms with Gasteiger partial charge in [-0.05, 0) is 29.8 Å². The van der Waals surface area contributed by atoms with Gasteiger partial charge in [-0.2, -0.15) is 0 Å². The van der Waals surface area contributed by atoms with Crippen LogP contribution in [0.15, 0.2) is 52.4 Å². The summed E-state index contributed by atoms with van der Waals surface area (Å²) >= 11 is 13.4. The van der Waals surface area contributed by atoms with E-state index >= 15 is 0 Å². The van der Waals surface area contributed by atoms with Gasteiger partial charge in [0.25, 0.3) is 5.56 Å². The first-order valence-electron chi connectivity index (χ1n) is 6.40. The molecule has 0 fully saturated rings. The summed E-state index contributed by atoms with van der Waals surface area (Å²) in [6.45, 7) is 0. The van der Waals surface area contributed by atoms with Crippen molar-refractivity contribution in [3.05, 3.63) is 68.4 Å². The van der Waals surface area contributed by atoms with Gasteiger partial charge in [0, 0.05) is 15.8 Å². The van der Waals surface area contributed by atoms with Crippen LogP contribution in [-0.4, -0.2) is 9.66 Å². The molecule has 0 aliphatic heterocycles. The van der Waals surface area contributed by atoms with Crippen molar-refractivity contribution < 1.29 is 0 Å². The third-order valence-electron chi connectivity index (χ3n) is 3.15. The van der Waals surface area contributed by atoms with Gasteiger partial charge in [0.15, 0.2) is 5.16 Å². The molecule has 0 bridgehead atoms. The first-order valence-corrected chi connectivity index (χ1v) is 8.14. The summed E-state index contributed by atoms with van der Waals surface area (Å²) in [4.78, 5) is 16.7. The van der Waals surface area contributed by atoms with Crippen LogP contribution in [0.4, 0.5) is 0 Å². The minimum Gasteiger partial charge on any atom is -0.334 e. The van der Waals surface area contributed by atoms with Crippen LogP contribution in [-0.2, 0) is 5.75 Å². The Kier molecular flexibility index (Phi) is 4.29. The summed E-state index contributed by atoms with van der Waals surface area (Å²) in [7, 11) is 0. The van der Waals surface area contributed by atoms with E-state index in [-0.39, 0.29) is 5.56 Å². The maximum atomic E-state index is 12.3. The Labute approximate surface area is 140 Å². The first kappa shape index (κ1) is 15.2. The normalized spacial score (nSPS) is 11.0. The topological polar surface area (TPSA) is 60.9 Å². The van der Waals surface area contributed by atoms with E-state index in [0.29, 0.717) is 31.9 Å². The second-order valence-electron chi connectivity index (χ2n) is 4.61. The highest BCUT2D eigenvalue weighted by molar-refractivity contribution is 7.98. The zero-order valence-electron chi connectivity index (χ0n) is 11.3. The molecule has 2 N–H and O–H groups in total. The number of nitrogen functional groups attached to an aromatic ring is 1. The molecule has 0 unspecified atom stereocenters. The fraction of sp³-hybridized carbons (Fsp3) is 0.0667. The highest BCUT2D eigenvalue weighted by Gasteiger charge is 2.11. The van der Waals surface area contributed by atoms with Gasteiger partial charge in [-0.3, -0.25) is 4.79 Å². The molecule has 0 aliphatic carbocycles. The Morgan fingerprint density at radius 1 is 1.18 bits per heavy atom. The molecule has 1 aromatic heterocycles. The second kappa shape index (κ2) is 6.20. The summed E-state index contributed by atoms with van der Waals surface area (Å²) in [6, 6.07) is 12.4. The fourth-order valence-electron chi connectivity index (χ4n) is 2.01. The van der Waals surface area contributed by atoms with Crippen LogP contribution in [0.2, 0.25) is 10.0 Å². The van der Waals surface area contributed by atoms with E-state index in [9.17, 15) is 4.79 Å². The molecule has 2 aromatic carbocycles. The van der Waals surface area contributed by atoms with Crippen molar-refractivity contribution in [1.82, 2.24) is 9.66 Å². The minimum atomic E-state index is -0.302. The number of halogens is 2. The lowest BCUT2D eigenvalue weighted by Gasteiger charge is -2.09. The lowest BCUT2D eigenvalue weighted by atomic mass is 10.2. The van der Waals surface area contributed by atoms with Gasteiger partial charge in [-0.25, -0.2) is 9.66 Å². The summed E-state index contributed by atoms with van der Waals surface area (Å²) in [5.74, 6) is 6.41. The highest BCUT2D eigenvalue weighted by atomic mass is 35.5. The summed E-state index contributed by atoms with van der Waals surface area (Å²) in [5, 5.41) is 2.05. The van der Waals surface area contributed by atoms with Crippen LogP contribution in [0.5, 0.6) is 0 Å². The molecule has 112 valence electrons. The van der Waals surface area contributed by atoms with Gasteiger partial charge in [0.1, 0.15) is 0 Å². The van der Waals surface area contributed by atoms with Crippen LogP contribution in [0, 0.1) is 0 Å². The minimum absolute atomic E-state index is 0.302. The molecule has 0 amide bonds. The molecule has 7 heteroatoms. The van der Waals surface area contributed by atoms with Crippen molar-refractivity contribution in [1.29, 1.82) is 0 Å². The van der Waals surface area contributed by atoms with Gasteiger partial charge in [0.2, 0.25) is 0 Å². The molecular formula is C15H11Cl2N3OS. The number of rotatable bonds is 3. The van der Waals surface area contributed by atoms with Crippen molar-refractivity contribution in [3.63, 3.8) is 0 Å². The number of hydrogen-bond acceptors (Lipinski definition) is 4. The number of nitrogens with zero attached hydrogens (tertiary/aromatic N) is 2. The van der Waals surface area contributed by atoms with Crippen molar-refractivity contribution in [2.24, 2.45) is 0 Å². The number of benzene rings is 2. The van der Waals surface area contributed by atoms with Crippen LogP contribution in [0.25, 0.3) is 10.9 Å². The number of hydrogen-bond donors (Lipinski definition) is 1. The first-order chi connectivity index (χ1) is 10.6. The van der Waals surface area contributed by atoms with Gasteiger partial charge in [0.05, 0.1) is 10.9 Å². The molecule has 3 aromatic rings. The molecule has 0 radical (unpaired) electrons. The van der Waals surface area contributed by atoms with Gasteiger partial charge < -0.3 is 5.84 Å². The smallest absolute Gasteiger partial charge is 0.280 e. The molecule has 0 atom stereocenters. The maximum absolute atomic E-state index is 12.3. The highest BCUT2D eigenvalue weighted by Crippen LogP contribution is 2.25. The standard InChI is InChI=1S/C15H11Cl2N3OS/c16-10-5-6-11-13(7-10)19-15(20(18)14(11)21)22-8-9-3-1-2-4-12(9)17/h1-7H,8,18H2. The van der Waals surface area contributed by atoms with Crippen LogP contribution in [0.1, 0.15) is 5.56 Å². The van der Waals surface area contributed by atoms with E-state index < -0.39 is 0 Å². The van der Waals surface area contributed by atoms with Crippen molar-refractivity contribution in [2.75, 3.05) is 5.84 Å². The Bertz CT molecular complexity index is 911. The summed E-state index contributed by atoms with van der Waals surface area (Å²) in [5.41, 5.74) is 1.18. The van der Waals surface area contributed by atoms with Gasteiger partial charge in [-0.15, -0.1) is 0 Å². The molecule has 0 aliphatic rings. The molecule has 0 spiro atoms. The number of thioether (sulfide) groups is 1. The van der Waals surface area contributed by atoms with E-state index in [4.69, 9.17) is 29.0 Å². The Morgan fingerprint density at radius 2 is 1.95 bits per heavy atom. The van der Waals surface area contributed by atoms with E-state index in [1.807, 2.05) is 24.3 Å². The number of fused-ring (bicyclic) bond motifs is 1. The maximum Gasteiger partial charge on any atom is 0.280 e. The summed E-state index contributed by atoms with van der Waals surface area (Å²) < 4.78 is 1.05. The zero-order valence-corrected chi connectivity index (χ0v) is 13.6. The lowest BCUT2D eigenvalue weighted by molar-refractivity contribution is 0.779. The van der Waals surface area contributed by atoms with E-state index in [2.05, 4.69) is 4.98 Å². The van der Waals surface area contributed by atoms with Crippen molar-refractivity contribution in [3.8, 4) is 0 Å². The Hall–Kier alpha value is -1.69. The van der Waals surface area contributed by atoms with Gasteiger partial charge >= 0.3 is 0 Å². The molecule has 0 saturated carbocycles. The fourth-order valence-corrected chi connectivity index (χ4v) is 3.38. The SMILES string of the molecule is Nn1c(SCc2ccccc2Cl)nc2cc(Cl)ccc2c1=O.